The van der Waals surface area contributed by atoms with E-state index in [0.717, 1.165) is 17.4 Å². The van der Waals surface area contributed by atoms with Gasteiger partial charge in [-0.25, -0.2) is 0 Å². The van der Waals surface area contributed by atoms with Crippen molar-refractivity contribution in [3.05, 3.63) is 33.8 Å². The monoisotopic (exact) mass is 457 g/mol. The Balaban J connectivity index is 1.75. The number of carbonyl (C=O) groups is 2. The molecule has 0 radical (unpaired) electrons. The van der Waals surface area contributed by atoms with Gasteiger partial charge in [0.05, 0.1) is 31.5 Å². The lowest BCUT2D eigenvalue weighted by Gasteiger charge is -2.38. The van der Waals surface area contributed by atoms with Gasteiger partial charge in [0.25, 0.3) is 11.5 Å². The number of carbonyl (C=O) groups excluding carboxylic acids is 2. The van der Waals surface area contributed by atoms with Crippen LogP contribution in [-0.2, 0) is 16.1 Å². The predicted octanol–water partition coefficient (Wildman–Crippen LogP) is 1.40. The number of hydrogen-bond acceptors (Lipinski definition) is 6. The summed E-state index contributed by atoms with van der Waals surface area (Å²) in [6.07, 6.45) is 6.23. The summed E-state index contributed by atoms with van der Waals surface area (Å²) >= 11 is 0. The van der Waals surface area contributed by atoms with Crippen molar-refractivity contribution in [3.63, 3.8) is 0 Å². The highest BCUT2D eigenvalue weighted by atomic mass is 16.5. The summed E-state index contributed by atoms with van der Waals surface area (Å²) in [6, 6.07) is -0.0614. The van der Waals surface area contributed by atoms with E-state index in [1.165, 1.54) is 16.8 Å². The molecule has 0 unspecified atom stereocenters. The highest BCUT2D eigenvalue weighted by Gasteiger charge is 2.30. The highest BCUT2D eigenvalue weighted by Crippen LogP contribution is 2.25. The molecule has 0 aromatic carbocycles. The van der Waals surface area contributed by atoms with Crippen molar-refractivity contribution in [2.75, 3.05) is 13.2 Å². The van der Waals surface area contributed by atoms with Gasteiger partial charge in [-0.15, -0.1) is 0 Å². The first-order valence-corrected chi connectivity index (χ1v) is 11.4. The summed E-state index contributed by atoms with van der Waals surface area (Å²) in [5.74, 6) is -1.04. The van der Waals surface area contributed by atoms with Crippen molar-refractivity contribution < 1.29 is 19.4 Å². The number of hydrogen-bond donors (Lipinski definition) is 2. The van der Waals surface area contributed by atoms with Gasteiger partial charge in [0.2, 0.25) is 11.8 Å². The molecule has 2 N–H and O–H groups in total. The second-order valence-corrected chi connectivity index (χ2v) is 9.41. The van der Waals surface area contributed by atoms with Gasteiger partial charge >= 0.3 is 0 Å². The van der Waals surface area contributed by atoms with E-state index in [4.69, 9.17) is 4.74 Å². The van der Waals surface area contributed by atoms with Gasteiger partial charge in [0, 0.05) is 24.2 Å². The summed E-state index contributed by atoms with van der Waals surface area (Å²) in [4.78, 5) is 40.4. The van der Waals surface area contributed by atoms with Gasteiger partial charge in [0.15, 0.2) is 5.56 Å². The van der Waals surface area contributed by atoms with Crippen LogP contribution >= 0.6 is 0 Å². The van der Waals surface area contributed by atoms with Crippen LogP contribution in [0.1, 0.15) is 56.5 Å². The van der Waals surface area contributed by atoms with Crippen molar-refractivity contribution in [1.29, 1.82) is 0 Å². The molecule has 1 aliphatic heterocycles. The number of aromatic nitrogens is 3. The van der Waals surface area contributed by atoms with E-state index in [1.807, 2.05) is 27.7 Å². The Morgan fingerprint density at radius 3 is 2.55 bits per heavy atom. The van der Waals surface area contributed by atoms with Gasteiger partial charge in [0.1, 0.15) is 5.65 Å². The van der Waals surface area contributed by atoms with Crippen LogP contribution < -0.4 is 10.9 Å². The SMILES string of the molecule is CC(C)Cn1c(O)c(C(=O)NC2CC2)c(=O)n2ncc(/C=C/C(=O)N3[C@H](C)COC[C@H]3C)c12. The highest BCUT2D eigenvalue weighted by molar-refractivity contribution is 5.97. The van der Waals surface area contributed by atoms with Crippen LogP contribution in [0.5, 0.6) is 5.88 Å². The Hall–Kier alpha value is -3.14. The smallest absolute Gasteiger partial charge is 0.291 e. The van der Waals surface area contributed by atoms with Gasteiger partial charge in [-0.1, -0.05) is 13.8 Å². The van der Waals surface area contributed by atoms with Gasteiger partial charge < -0.3 is 20.1 Å². The van der Waals surface area contributed by atoms with E-state index in [-0.39, 0.29) is 35.5 Å². The Kier molecular flexibility index (Phi) is 6.29. The van der Waals surface area contributed by atoms with E-state index >= 15 is 0 Å². The average Bonchev–Trinajstić information content (AvgIpc) is 3.44. The molecular weight excluding hydrogens is 426 g/mol. The zero-order valence-corrected chi connectivity index (χ0v) is 19.4. The third-order valence-corrected chi connectivity index (χ3v) is 5.93. The Labute approximate surface area is 191 Å². The molecule has 2 aliphatic rings. The Morgan fingerprint density at radius 2 is 1.94 bits per heavy atom. The molecule has 0 bridgehead atoms. The quantitative estimate of drug-likeness (QED) is 0.633. The standard InChI is InChI=1S/C23H31N5O5/c1-13(2)10-26-21-16(5-8-18(29)27-14(3)11-33-12-15(27)4)9-24-28(21)23(32)19(22(26)31)20(30)25-17-6-7-17/h5,8-9,13-15,17,31H,6-7,10-12H2,1-4H3,(H,25,30)/b8-5+/t14-,15-/m1/s1. The summed E-state index contributed by atoms with van der Waals surface area (Å²) in [5, 5.41) is 17.9. The molecule has 1 saturated carbocycles. The molecule has 2 fully saturated rings. The summed E-state index contributed by atoms with van der Waals surface area (Å²) < 4.78 is 8.13. The maximum atomic E-state index is 13.1. The minimum atomic E-state index is -0.693. The normalized spacial score (nSPS) is 21.3. The van der Waals surface area contributed by atoms with Crippen LogP contribution in [0.3, 0.4) is 0 Å². The largest absolute Gasteiger partial charge is 0.494 e. The fourth-order valence-corrected chi connectivity index (χ4v) is 4.24. The van der Waals surface area contributed by atoms with Crippen molar-refractivity contribution >= 4 is 23.5 Å². The molecule has 10 heteroatoms. The van der Waals surface area contributed by atoms with E-state index in [0.29, 0.717) is 31.0 Å². The summed E-state index contributed by atoms with van der Waals surface area (Å²) in [6.45, 7) is 9.12. The Morgan fingerprint density at radius 1 is 1.27 bits per heavy atom. The lowest BCUT2D eigenvalue weighted by atomic mass is 10.1. The lowest BCUT2D eigenvalue weighted by molar-refractivity contribution is -0.138. The molecule has 1 aliphatic carbocycles. The number of nitrogens with one attached hydrogen (secondary N) is 1. The van der Waals surface area contributed by atoms with E-state index in [2.05, 4.69) is 10.4 Å². The molecule has 3 heterocycles. The first kappa shape index (κ1) is 23.0. The number of rotatable bonds is 6. The zero-order chi connectivity index (χ0) is 23.9. The van der Waals surface area contributed by atoms with E-state index in [9.17, 15) is 19.5 Å². The van der Waals surface area contributed by atoms with Crippen molar-refractivity contribution in [2.45, 2.75) is 65.2 Å². The van der Waals surface area contributed by atoms with Crippen molar-refractivity contribution in [1.82, 2.24) is 24.4 Å². The van der Waals surface area contributed by atoms with Crippen molar-refractivity contribution in [2.24, 2.45) is 5.92 Å². The molecular formula is C23H31N5O5. The maximum Gasteiger partial charge on any atom is 0.291 e. The third-order valence-electron chi connectivity index (χ3n) is 5.93. The number of fused-ring (bicyclic) bond motifs is 1. The van der Waals surface area contributed by atoms with Gasteiger partial charge in [-0.3, -0.25) is 19.0 Å². The van der Waals surface area contributed by atoms with E-state index in [1.54, 1.807) is 11.0 Å². The second-order valence-electron chi connectivity index (χ2n) is 9.41. The molecule has 2 atom stereocenters. The van der Waals surface area contributed by atoms with Crippen LogP contribution in [0.2, 0.25) is 0 Å². The fraction of sp³-hybridized carbons (Fsp3) is 0.565. The molecule has 10 nitrogen and oxygen atoms in total. The zero-order valence-electron chi connectivity index (χ0n) is 19.4. The number of aromatic hydroxyl groups is 1. The molecule has 2 amide bonds. The molecule has 4 rings (SSSR count). The minimum Gasteiger partial charge on any atom is -0.494 e. The molecule has 0 spiro atoms. The fourth-order valence-electron chi connectivity index (χ4n) is 4.24. The van der Waals surface area contributed by atoms with Crippen molar-refractivity contribution in [3.8, 4) is 5.88 Å². The average molecular weight is 458 g/mol. The lowest BCUT2D eigenvalue weighted by Crippen LogP contribution is -2.51. The van der Waals surface area contributed by atoms with Crippen LogP contribution in [-0.4, -0.2) is 67.3 Å². The molecule has 2 aromatic rings. The number of nitrogens with zero attached hydrogens (tertiary/aromatic N) is 4. The number of ether oxygens (including phenoxy) is 1. The first-order chi connectivity index (χ1) is 15.7. The Bertz CT molecular complexity index is 1150. The number of morpholine rings is 1. The second kappa shape index (κ2) is 9.01. The number of amides is 2. The van der Waals surface area contributed by atoms with E-state index < -0.39 is 17.3 Å². The molecule has 33 heavy (non-hydrogen) atoms. The molecule has 2 aromatic heterocycles. The van der Waals surface area contributed by atoms with Crippen LogP contribution in [0.15, 0.2) is 17.1 Å². The van der Waals surface area contributed by atoms with Gasteiger partial charge in [-0.2, -0.15) is 9.61 Å². The molecule has 1 saturated heterocycles. The topological polar surface area (TPSA) is 118 Å². The summed E-state index contributed by atoms with van der Waals surface area (Å²) in [5.41, 5.74) is -0.178. The first-order valence-electron chi connectivity index (χ1n) is 11.4. The summed E-state index contributed by atoms with van der Waals surface area (Å²) in [7, 11) is 0. The van der Waals surface area contributed by atoms with Crippen LogP contribution in [0, 0.1) is 5.92 Å². The van der Waals surface area contributed by atoms with Crippen LogP contribution in [0.4, 0.5) is 0 Å². The maximum absolute atomic E-state index is 13.1. The molecule has 178 valence electrons. The third kappa shape index (κ3) is 4.52. The van der Waals surface area contributed by atoms with Gasteiger partial charge in [-0.05, 0) is 38.7 Å². The minimum absolute atomic E-state index is 0.0395. The predicted molar refractivity (Wildman–Crippen MR) is 122 cm³/mol. The van der Waals surface area contributed by atoms with Crippen LogP contribution in [0.25, 0.3) is 11.7 Å².